The van der Waals surface area contributed by atoms with Crippen LogP contribution in [0.3, 0.4) is 0 Å². The number of hydrogen-bond donors (Lipinski definition) is 2. The molecule has 10 heavy (non-hydrogen) atoms. The van der Waals surface area contributed by atoms with E-state index in [1.165, 1.54) is 10.8 Å². The van der Waals surface area contributed by atoms with E-state index in [1.807, 2.05) is 13.8 Å². The first-order valence-corrected chi connectivity index (χ1v) is 3.18. The second-order valence-electron chi connectivity index (χ2n) is 2.48. The summed E-state index contributed by atoms with van der Waals surface area (Å²) >= 11 is 0. The topological polar surface area (TPSA) is 63.8 Å². The van der Waals surface area contributed by atoms with Crippen molar-refractivity contribution >= 4 is 5.82 Å². The van der Waals surface area contributed by atoms with Crippen LogP contribution in [0.15, 0.2) is 11.0 Å². The second kappa shape index (κ2) is 2.21. The Kier molecular flexibility index (Phi) is 1.53. The molecule has 3 N–H and O–H groups in total. The van der Waals surface area contributed by atoms with Crippen molar-refractivity contribution < 1.29 is 0 Å². The van der Waals surface area contributed by atoms with Gasteiger partial charge in [-0.05, 0) is 13.8 Å². The maximum Gasteiger partial charge on any atom is 0.327 e. The molecule has 4 nitrogen and oxygen atoms in total. The van der Waals surface area contributed by atoms with E-state index in [1.54, 1.807) is 0 Å². The van der Waals surface area contributed by atoms with Gasteiger partial charge in [-0.25, -0.2) is 4.79 Å². The van der Waals surface area contributed by atoms with Crippen LogP contribution in [-0.2, 0) is 0 Å². The largest absolute Gasteiger partial charge is 0.384 e. The minimum Gasteiger partial charge on any atom is -0.384 e. The molecule has 0 atom stereocenters. The lowest BCUT2D eigenvalue weighted by atomic mass is 10.4. The number of anilines is 1. The quantitative estimate of drug-likeness (QED) is 0.592. The molecule has 0 radical (unpaired) electrons. The van der Waals surface area contributed by atoms with E-state index in [9.17, 15) is 4.79 Å². The molecule has 1 heterocycles. The Bertz CT molecular complexity index is 271. The molecule has 0 aliphatic carbocycles. The number of nitrogens with two attached hydrogens (primary N) is 1. The van der Waals surface area contributed by atoms with E-state index < -0.39 is 0 Å². The monoisotopic (exact) mass is 141 g/mol. The number of nitrogens with one attached hydrogen (secondary N) is 1. The number of nitrogen functional groups attached to an aromatic ring is 1. The first-order chi connectivity index (χ1) is 4.63. The summed E-state index contributed by atoms with van der Waals surface area (Å²) in [6, 6.07) is 0.124. The van der Waals surface area contributed by atoms with Crippen LogP contribution in [-0.4, -0.2) is 9.55 Å². The zero-order valence-electron chi connectivity index (χ0n) is 6.09. The fraction of sp³-hybridized carbons (Fsp3) is 0.500. The molecule has 0 spiro atoms. The Labute approximate surface area is 58.7 Å². The number of rotatable bonds is 1. The van der Waals surface area contributed by atoms with Crippen LogP contribution in [0.5, 0.6) is 0 Å². The number of imidazole rings is 1. The summed E-state index contributed by atoms with van der Waals surface area (Å²) in [5.74, 6) is 0.486. The molecule has 1 rings (SSSR count). The first-order valence-electron chi connectivity index (χ1n) is 3.18. The normalized spacial score (nSPS) is 10.7. The van der Waals surface area contributed by atoms with Crippen molar-refractivity contribution in [1.82, 2.24) is 9.55 Å². The molecule has 56 valence electrons. The molecule has 0 unspecified atom stereocenters. The summed E-state index contributed by atoms with van der Waals surface area (Å²) in [6.07, 6.45) is 1.50. The van der Waals surface area contributed by atoms with Gasteiger partial charge in [0.15, 0.2) is 0 Å². The smallest absolute Gasteiger partial charge is 0.327 e. The second-order valence-corrected chi connectivity index (χ2v) is 2.48. The molecule has 0 saturated carbocycles. The van der Waals surface area contributed by atoms with E-state index in [4.69, 9.17) is 5.73 Å². The summed E-state index contributed by atoms with van der Waals surface area (Å²) in [4.78, 5) is 13.4. The number of aromatic amines is 1. The average molecular weight is 141 g/mol. The number of hydrogen-bond acceptors (Lipinski definition) is 2. The van der Waals surface area contributed by atoms with Gasteiger partial charge in [0.05, 0.1) is 0 Å². The van der Waals surface area contributed by atoms with Crippen molar-refractivity contribution in [3.63, 3.8) is 0 Å². The van der Waals surface area contributed by atoms with Gasteiger partial charge in [-0.15, -0.1) is 0 Å². The minimum atomic E-state index is -0.146. The molecule has 1 aromatic rings. The lowest BCUT2D eigenvalue weighted by Crippen LogP contribution is -2.20. The molecule has 0 amide bonds. The van der Waals surface area contributed by atoms with Crippen LogP contribution < -0.4 is 11.4 Å². The van der Waals surface area contributed by atoms with Crippen LogP contribution in [0.4, 0.5) is 5.82 Å². The molecule has 0 saturated heterocycles. The van der Waals surface area contributed by atoms with E-state index in [-0.39, 0.29) is 11.7 Å². The van der Waals surface area contributed by atoms with Gasteiger partial charge in [-0.2, -0.15) is 0 Å². The predicted octanol–water partition coefficient (Wildman–Crippen LogP) is 0.340. The summed E-state index contributed by atoms with van der Waals surface area (Å²) in [5.41, 5.74) is 5.33. The Morgan fingerprint density at radius 2 is 2.30 bits per heavy atom. The average Bonchev–Trinajstić information content (AvgIpc) is 2.11. The molecule has 0 fully saturated rings. The van der Waals surface area contributed by atoms with Gasteiger partial charge >= 0.3 is 5.69 Å². The predicted molar refractivity (Wildman–Crippen MR) is 39.9 cm³/mol. The zero-order valence-corrected chi connectivity index (χ0v) is 6.09. The van der Waals surface area contributed by atoms with Crippen LogP contribution in [0.2, 0.25) is 0 Å². The van der Waals surface area contributed by atoms with Crippen molar-refractivity contribution in [2.24, 2.45) is 0 Å². The Balaban J connectivity index is 3.23. The number of aromatic nitrogens is 2. The standard InChI is InChI=1S/C6H11N3O/c1-4(2)9-5(7)3-8-6(9)10/h3-4H,7H2,1-2H3,(H,8,10). The van der Waals surface area contributed by atoms with Gasteiger partial charge < -0.3 is 10.7 Å². The van der Waals surface area contributed by atoms with E-state index in [0.29, 0.717) is 5.82 Å². The molecule has 0 aromatic carbocycles. The van der Waals surface area contributed by atoms with Crippen LogP contribution in [0, 0.1) is 0 Å². The lowest BCUT2D eigenvalue weighted by molar-refractivity contribution is 0.588. The molecular formula is C6H11N3O. The van der Waals surface area contributed by atoms with Gasteiger partial charge in [-0.1, -0.05) is 0 Å². The van der Waals surface area contributed by atoms with E-state index >= 15 is 0 Å². The highest BCUT2D eigenvalue weighted by atomic mass is 16.1. The fourth-order valence-corrected chi connectivity index (χ4v) is 0.925. The SMILES string of the molecule is CC(C)n1c(N)c[nH]c1=O. The van der Waals surface area contributed by atoms with Crippen LogP contribution in [0.25, 0.3) is 0 Å². The third-order valence-electron chi connectivity index (χ3n) is 1.36. The summed E-state index contributed by atoms with van der Waals surface area (Å²) < 4.78 is 1.50. The van der Waals surface area contributed by atoms with Crippen molar-refractivity contribution in [2.45, 2.75) is 19.9 Å². The Morgan fingerprint density at radius 3 is 2.50 bits per heavy atom. The summed E-state index contributed by atoms with van der Waals surface area (Å²) in [6.45, 7) is 3.82. The van der Waals surface area contributed by atoms with Crippen LogP contribution in [0.1, 0.15) is 19.9 Å². The maximum atomic E-state index is 10.9. The van der Waals surface area contributed by atoms with Crippen molar-refractivity contribution in [1.29, 1.82) is 0 Å². The maximum absolute atomic E-state index is 10.9. The van der Waals surface area contributed by atoms with E-state index in [2.05, 4.69) is 4.98 Å². The fourth-order valence-electron chi connectivity index (χ4n) is 0.925. The number of H-pyrrole nitrogens is 1. The minimum absolute atomic E-state index is 0.124. The van der Waals surface area contributed by atoms with Gasteiger partial charge in [-0.3, -0.25) is 4.57 Å². The van der Waals surface area contributed by atoms with Gasteiger partial charge in [0.25, 0.3) is 0 Å². The summed E-state index contributed by atoms with van der Waals surface area (Å²) in [5, 5.41) is 0. The highest BCUT2D eigenvalue weighted by Crippen LogP contribution is 2.04. The third kappa shape index (κ3) is 0.920. The molecule has 0 bridgehead atoms. The zero-order chi connectivity index (χ0) is 7.72. The highest BCUT2D eigenvalue weighted by molar-refractivity contribution is 5.25. The molecule has 4 heteroatoms. The molecular weight excluding hydrogens is 130 g/mol. The first kappa shape index (κ1) is 6.92. The van der Waals surface area contributed by atoms with Crippen molar-refractivity contribution in [3.05, 3.63) is 16.7 Å². The van der Waals surface area contributed by atoms with Gasteiger partial charge in [0.2, 0.25) is 0 Å². The summed E-state index contributed by atoms with van der Waals surface area (Å²) in [7, 11) is 0. The molecule has 0 aliphatic heterocycles. The highest BCUT2D eigenvalue weighted by Gasteiger charge is 2.04. The Hall–Kier alpha value is -1.19. The van der Waals surface area contributed by atoms with Crippen molar-refractivity contribution in [2.75, 3.05) is 5.73 Å². The van der Waals surface area contributed by atoms with Gasteiger partial charge in [0, 0.05) is 12.2 Å². The number of nitrogens with zero attached hydrogens (tertiary/aromatic N) is 1. The van der Waals surface area contributed by atoms with Crippen molar-refractivity contribution in [3.8, 4) is 0 Å². The molecule has 1 aromatic heterocycles. The third-order valence-corrected chi connectivity index (χ3v) is 1.36. The lowest BCUT2D eigenvalue weighted by Gasteiger charge is -2.05. The Morgan fingerprint density at radius 1 is 1.70 bits per heavy atom. The molecule has 0 aliphatic rings. The van der Waals surface area contributed by atoms with Gasteiger partial charge in [0.1, 0.15) is 5.82 Å². The van der Waals surface area contributed by atoms with Crippen LogP contribution >= 0.6 is 0 Å². The van der Waals surface area contributed by atoms with E-state index in [0.717, 1.165) is 0 Å².